The topological polar surface area (TPSA) is 110 Å². The Bertz CT molecular complexity index is 1090. The molecule has 0 aromatic heterocycles. The average Bonchev–Trinajstić information content (AvgIpc) is 2.77. The van der Waals surface area contributed by atoms with Crippen LogP contribution in [0.25, 0.3) is 0 Å². The summed E-state index contributed by atoms with van der Waals surface area (Å²) in [7, 11) is 1.14. The van der Waals surface area contributed by atoms with E-state index in [1.165, 1.54) is 31.2 Å². The van der Waals surface area contributed by atoms with Crippen molar-refractivity contribution in [3.8, 4) is 0 Å². The van der Waals surface area contributed by atoms with E-state index in [0.717, 1.165) is 25.3 Å². The third-order valence-electron chi connectivity index (χ3n) is 6.11. The molecule has 0 N–H and O–H groups in total. The SMILES string of the molecule is COC(=O)C1CC(c2ccc(C)c(C(F)(F)F)c2)C[N+](C(=O)[O-])(c2ccc([N+](=O)[O-])cc2)C1. The number of quaternary nitrogens is 1. The molecular formula is C22H21F3N2O6. The minimum atomic E-state index is -4.60. The van der Waals surface area contributed by atoms with E-state index in [0.29, 0.717) is 0 Å². The van der Waals surface area contributed by atoms with E-state index in [9.17, 15) is 38.0 Å². The number of alkyl halides is 3. The molecule has 2 aromatic rings. The molecule has 1 fully saturated rings. The number of carbonyl (C=O) groups is 2. The summed E-state index contributed by atoms with van der Waals surface area (Å²) in [4.78, 5) is 35.1. The predicted molar refractivity (Wildman–Crippen MR) is 109 cm³/mol. The fraction of sp³-hybridized carbons (Fsp3) is 0.364. The van der Waals surface area contributed by atoms with Crippen LogP contribution in [-0.4, -0.2) is 37.2 Å². The van der Waals surface area contributed by atoms with Crippen LogP contribution in [0, 0.1) is 23.0 Å². The Labute approximate surface area is 186 Å². The Balaban J connectivity index is 2.12. The number of piperidine rings is 1. The van der Waals surface area contributed by atoms with E-state index in [1.54, 1.807) is 0 Å². The van der Waals surface area contributed by atoms with E-state index in [2.05, 4.69) is 0 Å². The smallest absolute Gasteiger partial charge is 0.416 e. The molecule has 176 valence electrons. The van der Waals surface area contributed by atoms with Gasteiger partial charge in [0, 0.05) is 30.2 Å². The largest absolute Gasteiger partial charge is 0.498 e. The van der Waals surface area contributed by atoms with Gasteiger partial charge in [-0.1, -0.05) is 12.1 Å². The number of nitrogens with zero attached hydrogens (tertiary/aromatic N) is 2. The zero-order chi connectivity index (χ0) is 24.6. The molecule has 1 amide bonds. The van der Waals surface area contributed by atoms with Crippen molar-refractivity contribution in [2.45, 2.75) is 25.4 Å². The fourth-order valence-corrected chi connectivity index (χ4v) is 4.42. The first-order chi connectivity index (χ1) is 15.4. The second kappa shape index (κ2) is 8.81. The summed E-state index contributed by atoms with van der Waals surface area (Å²) in [5.74, 6) is -2.40. The van der Waals surface area contributed by atoms with Gasteiger partial charge in [-0.25, -0.2) is 4.48 Å². The lowest BCUT2D eigenvalue weighted by Gasteiger charge is -2.45. The van der Waals surface area contributed by atoms with Crippen molar-refractivity contribution >= 4 is 23.4 Å². The van der Waals surface area contributed by atoms with Gasteiger partial charge < -0.3 is 14.6 Å². The van der Waals surface area contributed by atoms with E-state index >= 15 is 0 Å². The quantitative estimate of drug-likeness (QED) is 0.295. The first-order valence-electron chi connectivity index (χ1n) is 9.98. The second-order valence-corrected chi connectivity index (χ2v) is 8.10. The number of halogens is 3. The van der Waals surface area contributed by atoms with Crippen LogP contribution in [0.4, 0.5) is 29.3 Å². The minimum Gasteiger partial charge on any atom is -0.498 e. The highest BCUT2D eigenvalue weighted by molar-refractivity contribution is 5.82. The van der Waals surface area contributed by atoms with Crippen molar-refractivity contribution in [3.63, 3.8) is 0 Å². The maximum atomic E-state index is 13.5. The third-order valence-corrected chi connectivity index (χ3v) is 6.11. The molecule has 0 aliphatic carbocycles. The highest BCUT2D eigenvalue weighted by Gasteiger charge is 2.47. The van der Waals surface area contributed by atoms with Gasteiger partial charge in [0.15, 0.2) is 0 Å². The maximum absolute atomic E-state index is 13.5. The summed E-state index contributed by atoms with van der Waals surface area (Å²) in [6.07, 6.45) is -6.10. The van der Waals surface area contributed by atoms with Crippen LogP contribution in [0.3, 0.4) is 0 Å². The van der Waals surface area contributed by atoms with Crippen molar-refractivity contribution in [3.05, 3.63) is 69.3 Å². The molecule has 1 aliphatic rings. The van der Waals surface area contributed by atoms with E-state index in [4.69, 9.17) is 4.74 Å². The fourth-order valence-electron chi connectivity index (χ4n) is 4.42. The van der Waals surface area contributed by atoms with E-state index in [-0.39, 0.29) is 42.0 Å². The van der Waals surface area contributed by atoms with Gasteiger partial charge in [-0.05, 0) is 30.5 Å². The Hall–Kier alpha value is -3.47. The Morgan fingerprint density at radius 1 is 1.12 bits per heavy atom. The highest BCUT2D eigenvalue weighted by Crippen LogP contribution is 2.41. The number of methoxy groups -OCH3 is 1. The normalized spacial score (nSPS) is 23.1. The predicted octanol–water partition coefficient (Wildman–Crippen LogP) is 3.55. The average molecular weight is 466 g/mol. The third kappa shape index (κ3) is 4.68. The molecule has 8 nitrogen and oxygen atoms in total. The highest BCUT2D eigenvalue weighted by atomic mass is 19.4. The van der Waals surface area contributed by atoms with Gasteiger partial charge in [-0.2, -0.15) is 13.2 Å². The number of non-ortho nitro benzene ring substituents is 1. The van der Waals surface area contributed by atoms with Gasteiger partial charge in [-0.15, -0.1) is 0 Å². The number of esters is 1. The summed E-state index contributed by atoms with van der Waals surface area (Å²) in [5, 5.41) is 23.4. The molecule has 1 heterocycles. The number of rotatable bonds is 4. The summed E-state index contributed by atoms with van der Waals surface area (Å²) < 4.78 is 44.3. The summed E-state index contributed by atoms with van der Waals surface area (Å²) >= 11 is 0. The molecule has 0 saturated carbocycles. The number of ether oxygens (including phenoxy) is 1. The van der Waals surface area contributed by atoms with Gasteiger partial charge >= 0.3 is 12.1 Å². The number of benzene rings is 2. The molecule has 0 radical (unpaired) electrons. The zero-order valence-corrected chi connectivity index (χ0v) is 17.8. The maximum Gasteiger partial charge on any atom is 0.416 e. The van der Waals surface area contributed by atoms with Gasteiger partial charge in [0.2, 0.25) is 0 Å². The van der Waals surface area contributed by atoms with Gasteiger partial charge in [-0.3, -0.25) is 14.9 Å². The molecule has 1 saturated heterocycles. The Kier molecular flexibility index (Phi) is 6.46. The molecule has 0 spiro atoms. The van der Waals surface area contributed by atoms with Crippen molar-refractivity contribution < 1.29 is 37.5 Å². The summed E-state index contributed by atoms with van der Waals surface area (Å²) in [6.45, 7) is 0.860. The van der Waals surface area contributed by atoms with E-state index < -0.39 is 45.0 Å². The van der Waals surface area contributed by atoms with Crippen molar-refractivity contribution in [1.29, 1.82) is 0 Å². The van der Waals surface area contributed by atoms with Crippen LogP contribution in [0.5, 0.6) is 0 Å². The van der Waals surface area contributed by atoms with Crippen LogP contribution in [0.15, 0.2) is 42.5 Å². The van der Waals surface area contributed by atoms with Gasteiger partial charge in [0.25, 0.3) is 11.8 Å². The van der Waals surface area contributed by atoms with Crippen LogP contribution < -0.4 is 9.59 Å². The number of likely N-dealkylation sites (tertiary alicyclic amines) is 1. The lowest BCUT2D eigenvalue weighted by atomic mass is 9.81. The molecule has 1 aliphatic heterocycles. The number of aryl methyl sites for hydroxylation is 1. The summed E-state index contributed by atoms with van der Waals surface area (Å²) in [5.41, 5.74) is -0.749. The van der Waals surface area contributed by atoms with Gasteiger partial charge in [0.1, 0.15) is 18.2 Å². The minimum absolute atomic E-state index is 0.0163. The second-order valence-electron chi connectivity index (χ2n) is 8.10. The van der Waals surface area contributed by atoms with Crippen LogP contribution >= 0.6 is 0 Å². The first kappa shape index (κ1) is 24.2. The number of hydrogen-bond donors (Lipinski definition) is 0. The molecule has 3 unspecified atom stereocenters. The number of hydrogen-bond acceptors (Lipinski definition) is 6. The molecule has 3 atom stereocenters. The number of nitro benzene ring substituents is 1. The first-order valence-corrected chi connectivity index (χ1v) is 9.98. The lowest BCUT2D eigenvalue weighted by Crippen LogP contribution is -2.66. The molecule has 11 heteroatoms. The molecule has 0 bridgehead atoms. The van der Waals surface area contributed by atoms with Gasteiger partial charge in [0.05, 0.1) is 24.1 Å². The monoisotopic (exact) mass is 466 g/mol. The number of carboxylic acid groups (broad SMARTS) is 1. The molecule has 3 rings (SSSR count). The van der Waals surface area contributed by atoms with Crippen LogP contribution in [-0.2, 0) is 15.7 Å². The van der Waals surface area contributed by atoms with Crippen LogP contribution in [0.1, 0.15) is 29.0 Å². The molecule has 2 aromatic carbocycles. The standard InChI is InChI=1S/C22H21F3N2O6/c1-13-3-4-14(10-19(13)22(23,24)25)15-9-16(20(28)33-2)12-27(11-15,21(29)30)18-7-5-17(6-8-18)26(31)32/h3-8,10,15-16H,9,11-12H2,1-2H3. The van der Waals surface area contributed by atoms with Crippen molar-refractivity contribution in [1.82, 2.24) is 4.48 Å². The number of nitro groups is 1. The Morgan fingerprint density at radius 3 is 2.27 bits per heavy atom. The van der Waals surface area contributed by atoms with Crippen molar-refractivity contribution in [2.75, 3.05) is 20.2 Å². The van der Waals surface area contributed by atoms with Crippen LogP contribution in [0.2, 0.25) is 0 Å². The van der Waals surface area contributed by atoms with Crippen molar-refractivity contribution in [2.24, 2.45) is 5.92 Å². The Morgan fingerprint density at radius 2 is 1.76 bits per heavy atom. The molecule has 33 heavy (non-hydrogen) atoms. The zero-order valence-electron chi connectivity index (χ0n) is 17.8. The number of amides is 1. The molecular weight excluding hydrogens is 445 g/mol. The number of carbonyl (C=O) groups excluding carboxylic acids is 2. The summed E-state index contributed by atoms with van der Waals surface area (Å²) in [6, 6.07) is 8.51. The van der Waals surface area contributed by atoms with E-state index in [1.807, 2.05) is 0 Å². The lowest BCUT2D eigenvalue weighted by molar-refractivity contribution is -0.384.